The van der Waals surface area contributed by atoms with E-state index < -0.39 is 30.0 Å². The number of carboxylic acid groups (broad SMARTS) is 1. The number of carboxylic acids is 1. The van der Waals surface area contributed by atoms with Gasteiger partial charge >= 0.3 is 12.1 Å². The van der Waals surface area contributed by atoms with Crippen molar-refractivity contribution in [3.63, 3.8) is 0 Å². The monoisotopic (exact) mass is 291 g/mol. The predicted molar refractivity (Wildman–Crippen MR) is 61.2 cm³/mol. The van der Waals surface area contributed by atoms with Crippen LogP contribution in [0.25, 0.3) is 0 Å². The van der Waals surface area contributed by atoms with Gasteiger partial charge in [0, 0.05) is 0 Å². The second-order valence-electron chi connectivity index (χ2n) is 4.76. The van der Waals surface area contributed by atoms with Crippen molar-refractivity contribution in [1.29, 1.82) is 0 Å². The number of halogens is 3. The summed E-state index contributed by atoms with van der Waals surface area (Å²) in [6.07, 6.45) is -4.51. The Morgan fingerprint density at radius 3 is 2.55 bits per heavy atom. The predicted octanol–water partition coefficient (Wildman–Crippen LogP) is 1.18. The molecule has 1 fully saturated rings. The Bertz CT molecular complexity index is 498. The zero-order chi connectivity index (χ0) is 15.0. The van der Waals surface area contributed by atoms with Crippen molar-refractivity contribution < 1.29 is 27.8 Å². The molecule has 0 spiro atoms. The molecule has 0 bridgehead atoms. The van der Waals surface area contributed by atoms with Gasteiger partial charge in [-0.2, -0.15) is 13.2 Å². The molecule has 2 heterocycles. The number of rotatable bonds is 4. The Kier molecular flexibility index (Phi) is 3.55. The van der Waals surface area contributed by atoms with E-state index in [1.165, 1.54) is 6.07 Å². The van der Waals surface area contributed by atoms with E-state index in [0.717, 1.165) is 6.07 Å². The van der Waals surface area contributed by atoms with Crippen molar-refractivity contribution in [3.8, 4) is 0 Å². The van der Waals surface area contributed by atoms with E-state index in [0.29, 0.717) is 18.9 Å². The fourth-order valence-electron chi connectivity index (χ4n) is 1.90. The topological polar surface area (TPSA) is 75.6 Å². The van der Waals surface area contributed by atoms with Crippen LogP contribution in [0.3, 0.4) is 0 Å². The van der Waals surface area contributed by atoms with Gasteiger partial charge in [0.15, 0.2) is 11.5 Å². The fourth-order valence-corrected chi connectivity index (χ4v) is 1.90. The van der Waals surface area contributed by atoms with Gasteiger partial charge in [-0.25, -0.2) is 4.79 Å². The van der Waals surface area contributed by atoms with Crippen LogP contribution in [-0.4, -0.2) is 46.6 Å². The molecule has 0 unspecified atom stereocenters. The van der Waals surface area contributed by atoms with Crippen LogP contribution in [0.4, 0.5) is 19.0 Å². The lowest BCUT2D eigenvalue weighted by Gasteiger charge is -2.47. The molecule has 0 radical (unpaired) electrons. The number of ether oxygens (including phenoxy) is 1. The number of hydrogen-bond donors (Lipinski definition) is 1. The minimum Gasteiger partial charge on any atom is -0.480 e. The van der Waals surface area contributed by atoms with Crippen LogP contribution in [0, 0.1) is 0 Å². The van der Waals surface area contributed by atoms with Crippen molar-refractivity contribution in [3.05, 3.63) is 17.8 Å². The normalized spacial score (nSPS) is 17.7. The minimum atomic E-state index is -4.51. The summed E-state index contributed by atoms with van der Waals surface area (Å²) in [4.78, 5) is 12.1. The second-order valence-corrected chi connectivity index (χ2v) is 4.76. The first-order valence-electron chi connectivity index (χ1n) is 5.71. The van der Waals surface area contributed by atoms with E-state index in [2.05, 4.69) is 10.2 Å². The number of anilines is 1. The van der Waals surface area contributed by atoms with E-state index in [4.69, 9.17) is 9.84 Å². The van der Waals surface area contributed by atoms with Gasteiger partial charge in [-0.15, -0.1) is 10.2 Å². The standard InChI is InChI=1S/C11H12F3N3O3/c1-10(20-4-9(18)19)5-17(6-10)8-3-2-7(15-16-8)11(12,13)14/h2-3H,4-6H2,1H3,(H,18,19). The SMILES string of the molecule is CC1(OCC(=O)O)CN(c2ccc(C(F)(F)F)nn2)C1. The average molecular weight is 291 g/mol. The van der Waals surface area contributed by atoms with Gasteiger partial charge in [-0.05, 0) is 19.1 Å². The molecular formula is C11H12F3N3O3. The molecular weight excluding hydrogens is 279 g/mol. The van der Waals surface area contributed by atoms with E-state index in [-0.39, 0.29) is 0 Å². The van der Waals surface area contributed by atoms with Gasteiger partial charge in [0.05, 0.1) is 13.1 Å². The Balaban J connectivity index is 1.94. The van der Waals surface area contributed by atoms with Crippen LogP contribution >= 0.6 is 0 Å². The molecule has 1 aromatic rings. The molecule has 0 aliphatic carbocycles. The molecule has 20 heavy (non-hydrogen) atoms. The van der Waals surface area contributed by atoms with Crippen LogP contribution in [0.2, 0.25) is 0 Å². The number of carbonyl (C=O) groups is 1. The highest BCUT2D eigenvalue weighted by molar-refractivity contribution is 5.68. The number of aromatic nitrogens is 2. The fraction of sp³-hybridized carbons (Fsp3) is 0.545. The third-order valence-corrected chi connectivity index (χ3v) is 2.86. The highest BCUT2D eigenvalue weighted by Gasteiger charge is 2.41. The minimum absolute atomic E-state index is 0.300. The molecule has 1 aromatic heterocycles. The maximum Gasteiger partial charge on any atom is 0.435 e. The zero-order valence-corrected chi connectivity index (χ0v) is 10.5. The maximum atomic E-state index is 12.3. The Morgan fingerprint density at radius 1 is 1.45 bits per heavy atom. The third kappa shape index (κ3) is 3.16. The zero-order valence-electron chi connectivity index (χ0n) is 10.5. The summed E-state index contributed by atoms with van der Waals surface area (Å²) in [5.74, 6) is -0.770. The van der Waals surface area contributed by atoms with E-state index in [9.17, 15) is 18.0 Å². The summed E-state index contributed by atoms with van der Waals surface area (Å²) in [5.41, 5.74) is -1.69. The summed E-state index contributed by atoms with van der Waals surface area (Å²) in [6.45, 7) is 2.01. The molecule has 9 heteroatoms. The molecule has 0 atom stereocenters. The molecule has 0 amide bonds. The van der Waals surface area contributed by atoms with Crippen molar-refractivity contribution in [2.45, 2.75) is 18.7 Å². The summed E-state index contributed by atoms with van der Waals surface area (Å²) in [5, 5.41) is 15.2. The lowest BCUT2D eigenvalue weighted by molar-refractivity contribution is -0.150. The summed E-state index contributed by atoms with van der Waals surface area (Å²) >= 11 is 0. The van der Waals surface area contributed by atoms with Crippen molar-refractivity contribution in [2.75, 3.05) is 24.6 Å². The Morgan fingerprint density at radius 2 is 2.10 bits per heavy atom. The molecule has 0 saturated carbocycles. The van der Waals surface area contributed by atoms with Crippen molar-refractivity contribution in [2.24, 2.45) is 0 Å². The molecule has 6 nitrogen and oxygen atoms in total. The van der Waals surface area contributed by atoms with Crippen LogP contribution in [0.1, 0.15) is 12.6 Å². The Hall–Kier alpha value is -1.90. The van der Waals surface area contributed by atoms with Gasteiger partial charge in [0.1, 0.15) is 12.2 Å². The number of nitrogens with zero attached hydrogens (tertiary/aromatic N) is 3. The van der Waals surface area contributed by atoms with Gasteiger partial charge in [-0.3, -0.25) is 0 Å². The van der Waals surface area contributed by atoms with E-state index in [1.54, 1.807) is 11.8 Å². The van der Waals surface area contributed by atoms with E-state index >= 15 is 0 Å². The lowest BCUT2D eigenvalue weighted by Crippen LogP contribution is -2.62. The Labute approximate surface area is 112 Å². The lowest BCUT2D eigenvalue weighted by atomic mass is 9.96. The highest BCUT2D eigenvalue weighted by atomic mass is 19.4. The first kappa shape index (κ1) is 14.5. The van der Waals surface area contributed by atoms with Crippen molar-refractivity contribution in [1.82, 2.24) is 10.2 Å². The third-order valence-electron chi connectivity index (χ3n) is 2.86. The van der Waals surface area contributed by atoms with Gasteiger partial charge in [-0.1, -0.05) is 0 Å². The smallest absolute Gasteiger partial charge is 0.435 e. The molecule has 0 aromatic carbocycles. The van der Waals surface area contributed by atoms with Crippen LogP contribution in [0.15, 0.2) is 12.1 Å². The van der Waals surface area contributed by atoms with Crippen molar-refractivity contribution >= 4 is 11.8 Å². The number of hydrogen-bond acceptors (Lipinski definition) is 5. The quantitative estimate of drug-likeness (QED) is 0.897. The summed E-state index contributed by atoms with van der Waals surface area (Å²) < 4.78 is 42.2. The van der Waals surface area contributed by atoms with E-state index in [1.807, 2.05) is 0 Å². The molecule has 1 N–H and O–H groups in total. The highest BCUT2D eigenvalue weighted by Crippen LogP contribution is 2.31. The second kappa shape index (κ2) is 4.89. The van der Waals surface area contributed by atoms with Crippen LogP contribution in [-0.2, 0) is 15.7 Å². The van der Waals surface area contributed by atoms with Gasteiger partial charge in [0.2, 0.25) is 0 Å². The van der Waals surface area contributed by atoms with Crippen LogP contribution in [0.5, 0.6) is 0 Å². The molecule has 110 valence electrons. The summed E-state index contributed by atoms with van der Waals surface area (Å²) in [6, 6.07) is 2.09. The largest absolute Gasteiger partial charge is 0.480 e. The molecule has 1 aliphatic rings. The first-order valence-corrected chi connectivity index (χ1v) is 5.71. The summed E-state index contributed by atoms with van der Waals surface area (Å²) in [7, 11) is 0. The number of aliphatic carboxylic acids is 1. The molecule has 1 aliphatic heterocycles. The number of alkyl halides is 3. The van der Waals surface area contributed by atoms with Crippen LogP contribution < -0.4 is 4.90 Å². The van der Waals surface area contributed by atoms with Gasteiger partial charge < -0.3 is 14.7 Å². The molecule has 2 rings (SSSR count). The first-order chi connectivity index (χ1) is 9.20. The van der Waals surface area contributed by atoms with Gasteiger partial charge in [0.25, 0.3) is 0 Å². The maximum absolute atomic E-state index is 12.3. The average Bonchev–Trinajstić information content (AvgIpc) is 2.32. The molecule has 1 saturated heterocycles.